The van der Waals surface area contributed by atoms with Gasteiger partial charge in [0.25, 0.3) is 0 Å². The van der Waals surface area contributed by atoms with E-state index in [1.165, 1.54) is 0 Å². The molecule has 1 aromatic heterocycles. The molecule has 0 unspecified atom stereocenters. The van der Waals surface area contributed by atoms with Gasteiger partial charge in [-0.3, -0.25) is 0 Å². The number of nitriles is 1. The molecule has 0 bridgehead atoms. The van der Waals surface area contributed by atoms with Crippen LogP contribution in [0, 0.1) is 11.3 Å². The van der Waals surface area contributed by atoms with E-state index in [4.69, 9.17) is 14.2 Å². The highest BCUT2D eigenvalue weighted by Gasteiger charge is 2.18. The second-order valence-electron chi connectivity index (χ2n) is 9.70. The van der Waals surface area contributed by atoms with E-state index >= 15 is 0 Å². The first-order valence-electron chi connectivity index (χ1n) is 12.2. The topological polar surface area (TPSA) is 118 Å². The highest BCUT2D eigenvalue weighted by Crippen LogP contribution is 2.28. The molecule has 0 aliphatic carbocycles. The summed E-state index contributed by atoms with van der Waals surface area (Å²) >= 11 is 0. The molecule has 2 aromatic carbocycles. The number of hydrogen-bond acceptors (Lipinski definition) is 8. The number of rotatable bonds is 7. The Morgan fingerprint density at radius 3 is 2.59 bits per heavy atom. The number of alkyl carbamates (subject to hydrolysis) is 1. The van der Waals surface area contributed by atoms with Gasteiger partial charge in [-0.05, 0) is 62.7 Å². The molecule has 1 amide bonds. The zero-order valence-corrected chi connectivity index (χ0v) is 21.3. The molecule has 2 heterocycles. The van der Waals surface area contributed by atoms with Crippen LogP contribution in [-0.2, 0) is 16.0 Å². The van der Waals surface area contributed by atoms with Crippen LogP contribution < -0.4 is 15.4 Å². The zero-order valence-electron chi connectivity index (χ0n) is 21.3. The fraction of sp³-hybridized carbons (Fsp3) is 0.357. The van der Waals surface area contributed by atoms with Crippen LogP contribution in [0.5, 0.6) is 5.75 Å². The van der Waals surface area contributed by atoms with Gasteiger partial charge in [-0.25, -0.2) is 14.8 Å². The van der Waals surface area contributed by atoms with Gasteiger partial charge < -0.3 is 24.8 Å². The molecule has 0 saturated carbocycles. The molecule has 9 nitrogen and oxygen atoms in total. The molecular formula is C28H31N5O4. The summed E-state index contributed by atoms with van der Waals surface area (Å²) in [4.78, 5) is 20.8. The standard InChI is InChI=1S/C28H31N5O4/c1-28(2,3)37-27(34)31-18-19-4-7-22(8-5-19)32-26-30-13-10-24(33-26)20-6-9-25(21(16-20)17-29)36-23-11-14-35-15-12-23/h4-10,13,16,23H,11-12,14-15,18H2,1-3H3,(H,31,34)(H,30,32,33). The monoisotopic (exact) mass is 501 g/mol. The maximum absolute atomic E-state index is 11.8. The Bertz CT molecular complexity index is 1260. The number of hydrogen-bond donors (Lipinski definition) is 2. The van der Waals surface area contributed by atoms with E-state index in [2.05, 4.69) is 26.7 Å². The number of aromatic nitrogens is 2. The van der Waals surface area contributed by atoms with Crippen molar-refractivity contribution >= 4 is 17.7 Å². The molecule has 192 valence electrons. The summed E-state index contributed by atoms with van der Waals surface area (Å²) < 4.78 is 16.7. The van der Waals surface area contributed by atoms with Crippen LogP contribution in [0.25, 0.3) is 11.3 Å². The summed E-state index contributed by atoms with van der Waals surface area (Å²) in [6.45, 7) is 7.18. The lowest BCUT2D eigenvalue weighted by atomic mass is 10.1. The predicted molar refractivity (Wildman–Crippen MR) is 139 cm³/mol. The second-order valence-corrected chi connectivity index (χ2v) is 9.70. The number of amides is 1. The van der Waals surface area contributed by atoms with Gasteiger partial charge in [-0.2, -0.15) is 5.26 Å². The van der Waals surface area contributed by atoms with E-state index in [0.717, 1.165) is 29.7 Å². The first-order chi connectivity index (χ1) is 17.8. The van der Waals surface area contributed by atoms with Crippen molar-refractivity contribution in [3.63, 3.8) is 0 Å². The summed E-state index contributed by atoms with van der Waals surface area (Å²) in [5, 5.41) is 15.6. The molecule has 9 heteroatoms. The quantitative estimate of drug-likeness (QED) is 0.445. The highest BCUT2D eigenvalue weighted by atomic mass is 16.6. The van der Waals surface area contributed by atoms with Crippen molar-refractivity contribution in [2.24, 2.45) is 0 Å². The molecule has 4 rings (SSSR count). The molecule has 0 spiro atoms. The fourth-order valence-electron chi connectivity index (χ4n) is 3.76. The van der Waals surface area contributed by atoms with Crippen LogP contribution in [0.15, 0.2) is 54.7 Å². The summed E-state index contributed by atoms with van der Waals surface area (Å²) in [5.41, 5.74) is 3.14. The van der Waals surface area contributed by atoms with Crippen molar-refractivity contribution < 1.29 is 19.0 Å². The Balaban J connectivity index is 1.39. The lowest BCUT2D eigenvalue weighted by Gasteiger charge is -2.23. The molecule has 1 aliphatic rings. The van der Waals surface area contributed by atoms with Gasteiger partial charge in [-0.15, -0.1) is 0 Å². The summed E-state index contributed by atoms with van der Waals surface area (Å²) in [5.74, 6) is 1.00. The maximum Gasteiger partial charge on any atom is 0.407 e. The van der Waals surface area contributed by atoms with Crippen molar-refractivity contribution in [2.45, 2.75) is 51.9 Å². The lowest BCUT2D eigenvalue weighted by Crippen LogP contribution is -2.32. The van der Waals surface area contributed by atoms with Gasteiger partial charge >= 0.3 is 6.09 Å². The molecular weight excluding hydrogens is 470 g/mol. The van der Waals surface area contributed by atoms with E-state index in [-0.39, 0.29) is 6.10 Å². The second kappa shape index (κ2) is 11.7. The van der Waals surface area contributed by atoms with Crippen molar-refractivity contribution in [3.05, 3.63) is 65.9 Å². The SMILES string of the molecule is CC(C)(C)OC(=O)NCc1ccc(Nc2nccc(-c3ccc(OC4CCOCC4)c(C#N)c3)n2)cc1. The minimum absolute atomic E-state index is 0.0565. The number of nitrogens with zero attached hydrogens (tertiary/aromatic N) is 3. The smallest absolute Gasteiger partial charge is 0.407 e. The Morgan fingerprint density at radius 2 is 1.89 bits per heavy atom. The Morgan fingerprint density at radius 1 is 1.14 bits per heavy atom. The fourth-order valence-corrected chi connectivity index (χ4v) is 3.76. The summed E-state index contributed by atoms with van der Waals surface area (Å²) in [6.07, 6.45) is 2.90. The third kappa shape index (κ3) is 7.66. The first-order valence-corrected chi connectivity index (χ1v) is 12.2. The molecule has 0 atom stereocenters. The van der Waals surface area contributed by atoms with Crippen molar-refractivity contribution in [1.29, 1.82) is 5.26 Å². The average Bonchev–Trinajstić information content (AvgIpc) is 2.88. The summed E-state index contributed by atoms with van der Waals surface area (Å²) in [7, 11) is 0. The Kier molecular flexibility index (Phi) is 8.21. The van der Waals surface area contributed by atoms with Gasteiger partial charge in [-0.1, -0.05) is 12.1 Å². The molecule has 0 radical (unpaired) electrons. The third-order valence-electron chi connectivity index (χ3n) is 5.56. The number of benzene rings is 2. The summed E-state index contributed by atoms with van der Waals surface area (Å²) in [6, 6.07) is 17.1. The van der Waals surface area contributed by atoms with Gasteiger partial charge in [0.2, 0.25) is 5.95 Å². The number of nitrogens with one attached hydrogen (secondary N) is 2. The van der Waals surface area contributed by atoms with Crippen LogP contribution in [-0.4, -0.2) is 41.0 Å². The van der Waals surface area contributed by atoms with E-state index in [0.29, 0.717) is 42.7 Å². The minimum atomic E-state index is -0.539. The van der Waals surface area contributed by atoms with Crippen molar-refractivity contribution in [2.75, 3.05) is 18.5 Å². The highest BCUT2D eigenvalue weighted by molar-refractivity contribution is 5.68. The van der Waals surface area contributed by atoms with Crippen molar-refractivity contribution in [3.8, 4) is 23.1 Å². The molecule has 37 heavy (non-hydrogen) atoms. The van der Waals surface area contributed by atoms with Crippen LogP contribution in [0.4, 0.5) is 16.4 Å². The van der Waals surface area contributed by atoms with E-state index in [1.807, 2.05) is 57.2 Å². The normalized spacial score (nSPS) is 13.9. The van der Waals surface area contributed by atoms with Crippen LogP contribution in [0.1, 0.15) is 44.7 Å². The van der Waals surface area contributed by atoms with Gasteiger partial charge in [0.15, 0.2) is 0 Å². The van der Waals surface area contributed by atoms with Gasteiger partial charge in [0.1, 0.15) is 23.5 Å². The first kappa shape index (κ1) is 25.9. The molecule has 1 fully saturated rings. The van der Waals surface area contributed by atoms with E-state index in [1.54, 1.807) is 18.3 Å². The number of ether oxygens (including phenoxy) is 3. The van der Waals surface area contributed by atoms with Crippen LogP contribution in [0.2, 0.25) is 0 Å². The molecule has 1 aliphatic heterocycles. The predicted octanol–water partition coefficient (Wildman–Crippen LogP) is 5.34. The molecule has 2 N–H and O–H groups in total. The van der Waals surface area contributed by atoms with E-state index < -0.39 is 11.7 Å². The molecule has 3 aromatic rings. The van der Waals surface area contributed by atoms with E-state index in [9.17, 15) is 10.1 Å². The largest absolute Gasteiger partial charge is 0.489 e. The average molecular weight is 502 g/mol. The minimum Gasteiger partial charge on any atom is -0.489 e. The van der Waals surface area contributed by atoms with Crippen LogP contribution >= 0.6 is 0 Å². The molecule has 1 saturated heterocycles. The maximum atomic E-state index is 11.8. The number of carbonyl (C=O) groups is 1. The number of carbonyl (C=O) groups excluding carboxylic acids is 1. The van der Waals surface area contributed by atoms with Crippen molar-refractivity contribution in [1.82, 2.24) is 15.3 Å². The van der Waals surface area contributed by atoms with Gasteiger partial charge in [0, 0.05) is 36.8 Å². The third-order valence-corrected chi connectivity index (χ3v) is 5.56. The lowest BCUT2D eigenvalue weighted by molar-refractivity contribution is 0.0254. The van der Waals surface area contributed by atoms with Gasteiger partial charge in [0.05, 0.1) is 24.5 Å². The van der Waals surface area contributed by atoms with Crippen LogP contribution in [0.3, 0.4) is 0 Å². The zero-order chi connectivity index (χ0) is 26.3. The Hall–Kier alpha value is -4.16. The Labute approximate surface area is 216 Å². The number of anilines is 2.